The van der Waals surface area contributed by atoms with Crippen molar-refractivity contribution in [3.8, 4) is 0 Å². The molecule has 6 nitrogen and oxygen atoms in total. The molecule has 3 amide bonds. The maximum Gasteiger partial charge on any atom is 0.331 e. The molecule has 0 aliphatic carbocycles. The first-order valence-corrected chi connectivity index (χ1v) is 11.5. The third-order valence-electron chi connectivity index (χ3n) is 4.39. The van der Waals surface area contributed by atoms with Crippen LogP contribution in [-0.2, 0) is 14.0 Å². The van der Waals surface area contributed by atoms with E-state index >= 15 is 0 Å². The van der Waals surface area contributed by atoms with Crippen LogP contribution < -0.4 is 0 Å². The molecule has 0 aromatic heterocycles. The van der Waals surface area contributed by atoms with Crippen LogP contribution in [0.2, 0.25) is 18.1 Å². The fraction of sp³-hybridized carbons (Fsp3) is 0.733. The van der Waals surface area contributed by atoms with Crippen molar-refractivity contribution in [2.75, 3.05) is 33.4 Å². The maximum atomic E-state index is 11.9. The number of amides is 3. The Hall–Kier alpha value is -0.703. The van der Waals surface area contributed by atoms with E-state index in [1.54, 1.807) is 0 Å². The lowest BCUT2D eigenvalue weighted by molar-refractivity contribution is -0.122. The highest BCUT2D eigenvalue weighted by Crippen LogP contribution is 2.36. The highest BCUT2D eigenvalue weighted by molar-refractivity contribution is 9.11. The van der Waals surface area contributed by atoms with Crippen LogP contribution in [-0.4, -0.2) is 63.5 Å². The summed E-state index contributed by atoms with van der Waals surface area (Å²) in [5.74, 6) is -0.312. The molecule has 0 radical (unpaired) electrons. The van der Waals surface area contributed by atoms with Gasteiger partial charge in [-0.05, 0) is 18.1 Å². The number of imide groups is 1. The third-order valence-corrected chi connectivity index (χ3v) is 9.36. The van der Waals surface area contributed by atoms with Crippen molar-refractivity contribution in [3.63, 3.8) is 0 Å². The van der Waals surface area contributed by atoms with Crippen LogP contribution in [0.5, 0.6) is 0 Å². The summed E-state index contributed by atoms with van der Waals surface area (Å²) < 4.78 is 11.6. The predicted octanol–water partition coefficient (Wildman–Crippen LogP) is 3.16. The zero-order valence-electron chi connectivity index (χ0n) is 14.8. The summed E-state index contributed by atoms with van der Waals surface area (Å²) in [5, 5.41) is 0.176. The summed E-state index contributed by atoms with van der Waals surface area (Å²) in [7, 11) is -0.281. The molecule has 1 fully saturated rings. The zero-order chi connectivity index (χ0) is 17.8. The third kappa shape index (κ3) is 4.88. The first-order chi connectivity index (χ1) is 10.5. The molecule has 0 aromatic rings. The SMILES string of the molecule is CN1C(=O)C(=CBr)N(CCOCCO[Si](C)(C)C(C)(C)C)C1=O. The average Bonchev–Trinajstić information content (AvgIpc) is 2.65. The normalized spacial score (nSPS) is 18.5. The van der Waals surface area contributed by atoms with E-state index in [0.29, 0.717) is 32.1 Å². The molecule has 1 aliphatic rings. The molecular formula is C15H27BrN2O4Si. The standard InChI is InChI=1S/C15H27BrN2O4Si/c1-15(2,3)23(5,6)22-10-9-21-8-7-18-12(11-16)13(19)17(4)14(18)20/h11H,7-10H2,1-6H3. The van der Waals surface area contributed by atoms with Crippen molar-refractivity contribution in [1.82, 2.24) is 9.80 Å². The van der Waals surface area contributed by atoms with E-state index in [9.17, 15) is 9.59 Å². The van der Waals surface area contributed by atoms with Crippen molar-refractivity contribution in [1.29, 1.82) is 0 Å². The Morgan fingerprint density at radius 1 is 1.17 bits per heavy atom. The van der Waals surface area contributed by atoms with Crippen LogP contribution >= 0.6 is 15.9 Å². The van der Waals surface area contributed by atoms with Crippen molar-refractivity contribution < 1.29 is 18.8 Å². The van der Waals surface area contributed by atoms with Crippen molar-refractivity contribution in [2.45, 2.75) is 38.9 Å². The first kappa shape index (κ1) is 20.3. The van der Waals surface area contributed by atoms with E-state index in [4.69, 9.17) is 9.16 Å². The van der Waals surface area contributed by atoms with Crippen LogP contribution in [0.15, 0.2) is 10.7 Å². The minimum atomic E-state index is -1.75. The Morgan fingerprint density at radius 2 is 1.78 bits per heavy atom. The quantitative estimate of drug-likeness (QED) is 0.282. The minimum absolute atomic E-state index is 0.176. The van der Waals surface area contributed by atoms with Crippen LogP contribution in [0.4, 0.5) is 4.79 Å². The summed E-state index contributed by atoms with van der Waals surface area (Å²) in [6, 6.07) is -0.332. The molecular weight excluding hydrogens is 380 g/mol. The van der Waals surface area contributed by atoms with E-state index in [1.807, 2.05) is 0 Å². The molecule has 0 aromatic carbocycles. The molecule has 1 rings (SSSR count). The number of likely N-dealkylation sites (N-methyl/N-ethyl adjacent to an activating group) is 1. The van der Waals surface area contributed by atoms with Crippen LogP contribution in [0.25, 0.3) is 0 Å². The molecule has 0 N–H and O–H groups in total. The number of ether oxygens (including phenoxy) is 1. The summed E-state index contributed by atoms with van der Waals surface area (Å²) in [6.45, 7) is 12.7. The summed E-state index contributed by atoms with van der Waals surface area (Å²) in [4.78, 5) is 27.7. The van der Waals surface area contributed by atoms with Gasteiger partial charge in [0, 0.05) is 12.0 Å². The zero-order valence-corrected chi connectivity index (χ0v) is 17.4. The summed E-state index contributed by atoms with van der Waals surface area (Å²) in [5.41, 5.74) is 0.332. The van der Waals surface area contributed by atoms with E-state index in [0.717, 1.165) is 4.90 Å². The largest absolute Gasteiger partial charge is 0.414 e. The molecule has 1 saturated heterocycles. The van der Waals surface area contributed by atoms with E-state index in [1.165, 1.54) is 16.9 Å². The van der Waals surface area contributed by atoms with Gasteiger partial charge < -0.3 is 9.16 Å². The second-order valence-corrected chi connectivity index (χ2v) is 12.3. The predicted molar refractivity (Wildman–Crippen MR) is 95.9 cm³/mol. The number of rotatable bonds is 7. The van der Waals surface area contributed by atoms with Crippen LogP contribution in [0, 0.1) is 0 Å². The monoisotopic (exact) mass is 406 g/mol. The molecule has 0 atom stereocenters. The van der Waals surface area contributed by atoms with Gasteiger partial charge in [0.2, 0.25) is 0 Å². The highest BCUT2D eigenvalue weighted by Gasteiger charge is 2.38. The van der Waals surface area contributed by atoms with Gasteiger partial charge >= 0.3 is 6.03 Å². The van der Waals surface area contributed by atoms with Crippen LogP contribution in [0.3, 0.4) is 0 Å². The summed E-state index contributed by atoms with van der Waals surface area (Å²) in [6.07, 6.45) is 0. The molecule has 23 heavy (non-hydrogen) atoms. The lowest BCUT2D eigenvalue weighted by Gasteiger charge is -2.36. The van der Waals surface area contributed by atoms with Crippen molar-refractivity contribution in [3.05, 3.63) is 10.7 Å². The molecule has 1 aliphatic heterocycles. The number of hydrogen-bond donors (Lipinski definition) is 0. The van der Waals surface area contributed by atoms with Gasteiger partial charge in [-0.1, -0.05) is 36.7 Å². The number of hydrogen-bond acceptors (Lipinski definition) is 4. The molecule has 132 valence electrons. The fourth-order valence-corrected chi connectivity index (χ4v) is 3.28. The summed E-state index contributed by atoms with van der Waals surface area (Å²) >= 11 is 3.13. The Labute approximate surface area is 148 Å². The molecule has 0 spiro atoms. The van der Waals surface area contributed by atoms with Gasteiger partial charge in [-0.15, -0.1) is 0 Å². The van der Waals surface area contributed by atoms with Gasteiger partial charge in [0.25, 0.3) is 5.91 Å². The van der Waals surface area contributed by atoms with Gasteiger partial charge in [0.1, 0.15) is 5.70 Å². The first-order valence-electron chi connectivity index (χ1n) is 7.64. The van der Waals surface area contributed by atoms with Gasteiger partial charge in [0.05, 0.1) is 26.4 Å². The smallest absolute Gasteiger partial charge is 0.331 e. The van der Waals surface area contributed by atoms with Crippen molar-refractivity contribution in [2.24, 2.45) is 0 Å². The van der Waals surface area contributed by atoms with E-state index in [2.05, 4.69) is 49.8 Å². The number of carbonyl (C=O) groups excluding carboxylic acids is 2. The Morgan fingerprint density at radius 3 is 2.30 bits per heavy atom. The fourth-order valence-electron chi connectivity index (χ4n) is 1.81. The van der Waals surface area contributed by atoms with Gasteiger partial charge in [-0.3, -0.25) is 14.6 Å². The van der Waals surface area contributed by atoms with Crippen molar-refractivity contribution >= 4 is 36.2 Å². The molecule has 0 saturated carbocycles. The number of halogens is 1. The highest BCUT2D eigenvalue weighted by atomic mass is 79.9. The van der Waals surface area contributed by atoms with E-state index < -0.39 is 8.32 Å². The topological polar surface area (TPSA) is 59.1 Å². The molecule has 1 heterocycles. The number of carbonyl (C=O) groups is 2. The Bertz CT molecular complexity index is 488. The lowest BCUT2D eigenvalue weighted by atomic mass is 10.2. The minimum Gasteiger partial charge on any atom is -0.414 e. The van der Waals surface area contributed by atoms with E-state index in [-0.39, 0.29) is 17.0 Å². The maximum absolute atomic E-state index is 11.9. The van der Waals surface area contributed by atoms with Gasteiger partial charge in [0.15, 0.2) is 8.32 Å². The second-order valence-electron chi connectivity index (χ2n) is 7.01. The lowest BCUT2D eigenvalue weighted by Crippen LogP contribution is -2.41. The molecule has 0 unspecified atom stereocenters. The molecule has 0 bridgehead atoms. The molecule has 8 heteroatoms. The Balaban J connectivity index is 2.33. The Kier molecular flexibility index (Phi) is 7.00. The number of nitrogens with zero attached hydrogens (tertiary/aromatic N) is 2. The van der Waals surface area contributed by atoms with Gasteiger partial charge in [-0.25, -0.2) is 4.79 Å². The van der Waals surface area contributed by atoms with Gasteiger partial charge in [-0.2, -0.15) is 0 Å². The second kappa shape index (κ2) is 7.91. The average molecular weight is 407 g/mol. The number of urea groups is 1. The van der Waals surface area contributed by atoms with Crippen LogP contribution in [0.1, 0.15) is 20.8 Å².